The molecule has 0 aliphatic carbocycles. The van der Waals surface area contributed by atoms with Crippen LogP contribution in [0.15, 0.2) is 0 Å². The molecular weight excluding hydrogens is 178 g/mol. The fourth-order valence-corrected chi connectivity index (χ4v) is 0.905. The van der Waals surface area contributed by atoms with Gasteiger partial charge in [0, 0.05) is 25.7 Å². The molecule has 0 rings (SSSR count). The monoisotopic (exact) mass is 201 g/mol. The van der Waals surface area contributed by atoms with Gasteiger partial charge in [0.1, 0.15) is 0 Å². The largest absolute Gasteiger partial charge is 0.338 e. The summed E-state index contributed by atoms with van der Waals surface area (Å²) in [6.45, 7) is 8.63. The Morgan fingerprint density at radius 3 is 2.36 bits per heavy atom. The highest BCUT2D eigenvalue weighted by Crippen LogP contribution is 1.90. The average Bonchev–Trinajstić information content (AvgIpc) is 2.14. The molecule has 2 amide bonds. The van der Waals surface area contributed by atoms with Crippen LogP contribution in [-0.2, 0) is 0 Å². The lowest BCUT2D eigenvalue weighted by Crippen LogP contribution is -2.41. The van der Waals surface area contributed by atoms with E-state index in [1.807, 2.05) is 6.92 Å². The zero-order valence-corrected chi connectivity index (χ0v) is 9.76. The van der Waals surface area contributed by atoms with Crippen LogP contribution in [0.1, 0.15) is 27.2 Å². The predicted molar refractivity (Wildman–Crippen MR) is 59.5 cm³/mol. The summed E-state index contributed by atoms with van der Waals surface area (Å²) >= 11 is 0. The Balaban J connectivity index is 3.39. The normalized spacial score (nSPS) is 10.7. The smallest absolute Gasteiger partial charge is 0.314 e. The van der Waals surface area contributed by atoms with Crippen molar-refractivity contribution in [3.63, 3.8) is 0 Å². The molecule has 4 heteroatoms. The van der Waals surface area contributed by atoms with E-state index in [0.29, 0.717) is 12.6 Å². The first-order chi connectivity index (χ1) is 6.57. The van der Waals surface area contributed by atoms with E-state index < -0.39 is 0 Å². The fraction of sp³-hybridized carbons (Fsp3) is 0.900. The molecule has 0 spiro atoms. The molecule has 0 atom stereocenters. The minimum Gasteiger partial charge on any atom is -0.338 e. The lowest BCUT2D eigenvalue weighted by atomic mass is 10.3. The Morgan fingerprint density at radius 2 is 1.86 bits per heavy atom. The summed E-state index contributed by atoms with van der Waals surface area (Å²) in [7, 11) is 2.05. The van der Waals surface area contributed by atoms with Gasteiger partial charge in [0.15, 0.2) is 0 Å². The van der Waals surface area contributed by atoms with Gasteiger partial charge in [-0.05, 0) is 27.3 Å². The Labute approximate surface area is 87.0 Å². The van der Waals surface area contributed by atoms with E-state index in [1.54, 1.807) is 0 Å². The van der Waals surface area contributed by atoms with E-state index in [1.165, 1.54) is 0 Å². The van der Waals surface area contributed by atoms with E-state index in [-0.39, 0.29) is 6.03 Å². The van der Waals surface area contributed by atoms with Crippen LogP contribution >= 0.6 is 0 Å². The third-order valence-electron chi connectivity index (χ3n) is 2.17. The second kappa shape index (κ2) is 7.62. The summed E-state index contributed by atoms with van der Waals surface area (Å²) < 4.78 is 0. The van der Waals surface area contributed by atoms with Gasteiger partial charge in [-0.15, -0.1) is 0 Å². The number of hydrogen-bond acceptors (Lipinski definition) is 2. The summed E-state index contributed by atoms with van der Waals surface area (Å²) in [4.78, 5) is 13.3. The van der Waals surface area contributed by atoms with Crippen molar-refractivity contribution >= 4 is 6.03 Å². The Kier molecular flexibility index (Phi) is 7.20. The van der Waals surface area contributed by atoms with E-state index in [9.17, 15) is 4.79 Å². The van der Waals surface area contributed by atoms with Crippen LogP contribution in [0.2, 0.25) is 0 Å². The van der Waals surface area contributed by atoms with E-state index in [0.717, 1.165) is 19.5 Å². The summed E-state index contributed by atoms with van der Waals surface area (Å²) in [5.74, 6) is 0. The number of rotatable bonds is 6. The number of urea groups is 1. The molecule has 0 aromatic carbocycles. The number of amides is 2. The molecule has 2 N–H and O–H groups in total. The SMILES string of the molecule is CCCNC(=O)NCCN(C)C(C)C. The van der Waals surface area contributed by atoms with Crippen molar-refractivity contribution in [3.05, 3.63) is 0 Å². The van der Waals surface area contributed by atoms with Gasteiger partial charge in [-0.25, -0.2) is 4.79 Å². The number of hydrogen-bond donors (Lipinski definition) is 2. The van der Waals surface area contributed by atoms with Gasteiger partial charge in [0.2, 0.25) is 0 Å². The maximum absolute atomic E-state index is 11.1. The second-order valence-electron chi connectivity index (χ2n) is 3.76. The van der Waals surface area contributed by atoms with Gasteiger partial charge >= 0.3 is 6.03 Å². The number of nitrogens with one attached hydrogen (secondary N) is 2. The Morgan fingerprint density at radius 1 is 1.29 bits per heavy atom. The predicted octanol–water partition coefficient (Wildman–Crippen LogP) is 1.04. The van der Waals surface area contributed by atoms with Gasteiger partial charge in [-0.3, -0.25) is 0 Å². The highest BCUT2D eigenvalue weighted by atomic mass is 16.2. The fourth-order valence-electron chi connectivity index (χ4n) is 0.905. The number of carbonyl (C=O) groups is 1. The van der Waals surface area contributed by atoms with Crippen molar-refractivity contribution in [2.45, 2.75) is 33.2 Å². The topological polar surface area (TPSA) is 44.4 Å². The Hall–Kier alpha value is -0.770. The summed E-state index contributed by atoms with van der Waals surface area (Å²) in [5.41, 5.74) is 0. The molecule has 0 bridgehead atoms. The lowest BCUT2D eigenvalue weighted by molar-refractivity contribution is 0.234. The molecule has 0 heterocycles. The van der Waals surface area contributed by atoms with Crippen LogP contribution in [0.5, 0.6) is 0 Å². The standard InChI is InChI=1S/C10H23N3O/c1-5-6-11-10(14)12-7-8-13(4)9(2)3/h9H,5-8H2,1-4H3,(H2,11,12,14). The molecular formula is C10H23N3O. The molecule has 0 radical (unpaired) electrons. The number of likely N-dealkylation sites (N-methyl/N-ethyl adjacent to an activating group) is 1. The van der Waals surface area contributed by atoms with Crippen molar-refractivity contribution in [2.75, 3.05) is 26.7 Å². The zero-order chi connectivity index (χ0) is 11.0. The molecule has 84 valence electrons. The molecule has 0 aromatic heterocycles. The number of nitrogens with zero attached hydrogens (tertiary/aromatic N) is 1. The molecule has 0 aliphatic heterocycles. The molecule has 0 aromatic rings. The number of carbonyl (C=O) groups excluding carboxylic acids is 1. The van der Waals surface area contributed by atoms with Crippen LogP contribution in [0.25, 0.3) is 0 Å². The van der Waals surface area contributed by atoms with Gasteiger partial charge in [0.25, 0.3) is 0 Å². The summed E-state index contributed by atoms with van der Waals surface area (Å²) in [5, 5.41) is 5.58. The van der Waals surface area contributed by atoms with Gasteiger partial charge in [-0.1, -0.05) is 6.92 Å². The van der Waals surface area contributed by atoms with Crippen molar-refractivity contribution < 1.29 is 4.79 Å². The van der Waals surface area contributed by atoms with E-state index in [4.69, 9.17) is 0 Å². The van der Waals surface area contributed by atoms with Crippen molar-refractivity contribution in [3.8, 4) is 0 Å². The molecule has 0 unspecified atom stereocenters. The molecule has 0 fully saturated rings. The molecule has 0 saturated carbocycles. The van der Waals surface area contributed by atoms with Gasteiger partial charge in [-0.2, -0.15) is 0 Å². The lowest BCUT2D eigenvalue weighted by Gasteiger charge is -2.20. The van der Waals surface area contributed by atoms with Gasteiger partial charge < -0.3 is 15.5 Å². The van der Waals surface area contributed by atoms with Crippen molar-refractivity contribution in [1.82, 2.24) is 15.5 Å². The quantitative estimate of drug-likeness (QED) is 0.674. The molecule has 4 nitrogen and oxygen atoms in total. The maximum Gasteiger partial charge on any atom is 0.314 e. The average molecular weight is 201 g/mol. The first-order valence-electron chi connectivity index (χ1n) is 5.29. The molecule has 14 heavy (non-hydrogen) atoms. The summed E-state index contributed by atoms with van der Waals surface area (Å²) in [6, 6.07) is 0.458. The van der Waals surface area contributed by atoms with Crippen molar-refractivity contribution in [2.24, 2.45) is 0 Å². The second-order valence-corrected chi connectivity index (χ2v) is 3.76. The highest BCUT2D eigenvalue weighted by molar-refractivity contribution is 5.73. The molecule has 0 aliphatic rings. The van der Waals surface area contributed by atoms with Crippen LogP contribution in [-0.4, -0.2) is 43.7 Å². The first-order valence-corrected chi connectivity index (χ1v) is 5.29. The van der Waals surface area contributed by atoms with Gasteiger partial charge in [0.05, 0.1) is 0 Å². The minimum atomic E-state index is -0.0657. The van der Waals surface area contributed by atoms with Crippen LogP contribution in [0, 0.1) is 0 Å². The van der Waals surface area contributed by atoms with E-state index in [2.05, 4.69) is 36.4 Å². The van der Waals surface area contributed by atoms with Crippen LogP contribution < -0.4 is 10.6 Å². The molecule has 0 saturated heterocycles. The highest BCUT2D eigenvalue weighted by Gasteiger charge is 2.03. The van der Waals surface area contributed by atoms with Crippen molar-refractivity contribution in [1.29, 1.82) is 0 Å². The summed E-state index contributed by atoms with van der Waals surface area (Å²) in [6.07, 6.45) is 0.972. The minimum absolute atomic E-state index is 0.0657. The van der Waals surface area contributed by atoms with Crippen LogP contribution in [0.3, 0.4) is 0 Å². The van der Waals surface area contributed by atoms with Crippen LogP contribution in [0.4, 0.5) is 4.79 Å². The third-order valence-corrected chi connectivity index (χ3v) is 2.17. The zero-order valence-electron chi connectivity index (χ0n) is 9.76. The third kappa shape index (κ3) is 6.71. The van der Waals surface area contributed by atoms with E-state index >= 15 is 0 Å². The first kappa shape index (κ1) is 13.2. The Bertz CT molecular complexity index is 159. The maximum atomic E-state index is 11.1.